The summed E-state index contributed by atoms with van der Waals surface area (Å²) in [6.07, 6.45) is 1.73. The number of carbonyl (C=O) groups excluding carboxylic acids is 1. The van der Waals surface area contributed by atoms with Crippen LogP contribution in [0.2, 0.25) is 0 Å². The van der Waals surface area contributed by atoms with Gasteiger partial charge in [-0.15, -0.1) is 0 Å². The van der Waals surface area contributed by atoms with Crippen LogP contribution in [0, 0.1) is 0 Å². The van der Waals surface area contributed by atoms with Crippen molar-refractivity contribution in [1.29, 1.82) is 0 Å². The molecule has 2 aliphatic rings. The minimum Gasteiger partial charge on any atom is -0.492 e. The molecule has 4 heteroatoms. The fraction of sp³-hybridized carbons (Fsp3) is 0.625. The zero-order valence-corrected chi connectivity index (χ0v) is 6.73. The molecule has 0 saturated carbocycles. The number of hydrogen-bond donors (Lipinski definition) is 0. The molecule has 0 aromatic rings. The Morgan fingerprint density at radius 3 is 3.25 bits per heavy atom. The van der Waals surface area contributed by atoms with Crippen LogP contribution in [0.3, 0.4) is 0 Å². The van der Waals surface area contributed by atoms with Crippen LogP contribution in [0.5, 0.6) is 0 Å². The van der Waals surface area contributed by atoms with Gasteiger partial charge >= 0.3 is 0 Å². The van der Waals surface area contributed by atoms with E-state index in [9.17, 15) is 4.79 Å². The molecule has 0 amide bonds. The van der Waals surface area contributed by atoms with Crippen molar-refractivity contribution in [3.8, 4) is 0 Å². The summed E-state index contributed by atoms with van der Waals surface area (Å²) in [5.41, 5.74) is 0. The lowest BCUT2D eigenvalue weighted by Gasteiger charge is -2.34. The Balaban J connectivity index is 2.13. The summed E-state index contributed by atoms with van der Waals surface area (Å²) >= 11 is 0. The Kier molecular flexibility index (Phi) is 1.86. The van der Waals surface area contributed by atoms with Crippen LogP contribution in [0.15, 0.2) is 12.3 Å². The van der Waals surface area contributed by atoms with Gasteiger partial charge in [-0.1, -0.05) is 0 Å². The average Bonchev–Trinajstić information content (AvgIpc) is 2.07. The number of fused-ring (bicyclic) bond motifs is 1. The second-order valence-electron chi connectivity index (χ2n) is 2.84. The summed E-state index contributed by atoms with van der Waals surface area (Å²) in [5, 5.41) is 0. The zero-order chi connectivity index (χ0) is 8.55. The minimum atomic E-state index is -0.473. The highest BCUT2D eigenvalue weighted by atomic mass is 16.7. The lowest BCUT2D eigenvalue weighted by atomic mass is 10.1. The van der Waals surface area contributed by atoms with Crippen LogP contribution >= 0.6 is 0 Å². The lowest BCUT2D eigenvalue weighted by molar-refractivity contribution is -0.241. The van der Waals surface area contributed by atoms with Crippen molar-refractivity contribution in [3.05, 3.63) is 12.3 Å². The van der Waals surface area contributed by atoms with Crippen LogP contribution < -0.4 is 0 Å². The molecular weight excluding hydrogens is 160 g/mol. The van der Waals surface area contributed by atoms with Gasteiger partial charge in [0.1, 0.15) is 0 Å². The minimum absolute atomic E-state index is 0.0404. The third-order valence-corrected chi connectivity index (χ3v) is 1.94. The molecule has 0 bridgehead atoms. The highest BCUT2D eigenvalue weighted by molar-refractivity contribution is 5.94. The van der Waals surface area contributed by atoms with E-state index in [1.807, 2.05) is 0 Å². The molecule has 12 heavy (non-hydrogen) atoms. The Labute approximate surface area is 70.1 Å². The van der Waals surface area contributed by atoms with E-state index in [1.54, 1.807) is 6.92 Å². The van der Waals surface area contributed by atoms with Gasteiger partial charge in [0.25, 0.3) is 0 Å². The largest absolute Gasteiger partial charge is 0.492 e. The summed E-state index contributed by atoms with van der Waals surface area (Å²) in [6.45, 7) is 2.18. The maximum absolute atomic E-state index is 11.2. The third-order valence-electron chi connectivity index (χ3n) is 1.94. The molecule has 3 unspecified atom stereocenters. The molecule has 3 atom stereocenters. The van der Waals surface area contributed by atoms with Gasteiger partial charge in [0.15, 0.2) is 24.3 Å². The van der Waals surface area contributed by atoms with Gasteiger partial charge in [-0.25, -0.2) is 0 Å². The number of rotatable bonds is 0. The van der Waals surface area contributed by atoms with Crippen molar-refractivity contribution in [2.45, 2.75) is 25.4 Å². The Bertz CT molecular complexity index is 223. The smallest absolute Gasteiger partial charge is 0.191 e. The SMILES string of the molecule is CC1OCC2OC=CC(=O)C2O1. The standard InChI is InChI=1S/C8H10O4/c1-5-11-4-7-8(12-5)6(9)2-3-10-7/h2-3,5,7-8H,4H2,1H3. The molecule has 1 fully saturated rings. The molecule has 0 aromatic carbocycles. The first-order valence-corrected chi connectivity index (χ1v) is 3.90. The molecule has 4 nitrogen and oxygen atoms in total. The van der Waals surface area contributed by atoms with E-state index in [0.717, 1.165) is 0 Å². The number of ether oxygens (including phenoxy) is 3. The molecule has 2 rings (SSSR count). The fourth-order valence-corrected chi connectivity index (χ4v) is 1.31. The molecule has 0 aromatic heterocycles. The number of hydrogen-bond acceptors (Lipinski definition) is 4. The summed E-state index contributed by atoms with van der Waals surface area (Å²) in [7, 11) is 0. The van der Waals surface area contributed by atoms with E-state index in [-0.39, 0.29) is 18.2 Å². The van der Waals surface area contributed by atoms with Crippen molar-refractivity contribution >= 4 is 5.78 Å². The van der Waals surface area contributed by atoms with Crippen LogP contribution in [0.4, 0.5) is 0 Å². The van der Waals surface area contributed by atoms with Crippen molar-refractivity contribution in [1.82, 2.24) is 0 Å². The van der Waals surface area contributed by atoms with Gasteiger partial charge in [0.2, 0.25) is 0 Å². The molecule has 0 radical (unpaired) electrons. The molecular formula is C8H10O4. The first-order valence-electron chi connectivity index (χ1n) is 3.90. The topological polar surface area (TPSA) is 44.8 Å². The van der Waals surface area contributed by atoms with Gasteiger partial charge in [0, 0.05) is 6.08 Å². The van der Waals surface area contributed by atoms with Crippen molar-refractivity contribution in [2.75, 3.05) is 6.61 Å². The highest BCUT2D eigenvalue weighted by Crippen LogP contribution is 2.19. The summed E-state index contributed by atoms with van der Waals surface area (Å²) < 4.78 is 15.6. The van der Waals surface area contributed by atoms with E-state index in [4.69, 9.17) is 14.2 Å². The van der Waals surface area contributed by atoms with Gasteiger partial charge in [-0.3, -0.25) is 4.79 Å². The van der Waals surface area contributed by atoms with Crippen LogP contribution in [0.1, 0.15) is 6.92 Å². The van der Waals surface area contributed by atoms with Crippen molar-refractivity contribution in [2.24, 2.45) is 0 Å². The second kappa shape index (κ2) is 2.88. The van der Waals surface area contributed by atoms with Crippen LogP contribution in [-0.2, 0) is 19.0 Å². The van der Waals surface area contributed by atoms with Crippen molar-refractivity contribution in [3.63, 3.8) is 0 Å². The molecule has 0 aliphatic carbocycles. The number of carbonyl (C=O) groups is 1. The van der Waals surface area contributed by atoms with Gasteiger partial charge in [-0.05, 0) is 6.92 Å². The second-order valence-corrected chi connectivity index (χ2v) is 2.84. The normalized spacial score (nSPS) is 40.4. The quantitative estimate of drug-likeness (QED) is 0.522. The molecule has 2 aliphatic heterocycles. The van der Waals surface area contributed by atoms with Crippen LogP contribution in [0.25, 0.3) is 0 Å². The fourth-order valence-electron chi connectivity index (χ4n) is 1.31. The average molecular weight is 170 g/mol. The maximum Gasteiger partial charge on any atom is 0.191 e. The summed E-state index contributed by atoms with van der Waals surface area (Å²) in [6, 6.07) is 0. The first kappa shape index (κ1) is 7.76. The van der Waals surface area contributed by atoms with Crippen LogP contribution in [-0.4, -0.2) is 30.9 Å². The lowest BCUT2D eigenvalue weighted by Crippen LogP contribution is -2.49. The summed E-state index contributed by atoms with van der Waals surface area (Å²) in [5.74, 6) is -0.0404. The Morgan fingerprint density at radius 2 is 2.42 bits per heavy atom. The van der Waals surface area contributed by atoms with E-state index < -0.39 is 6.10 Å². The molecule has 1 saturated heterocycles. The monoisotopic (exact) mass is 170 g/mol. The van der Waals surface area contributed by atoms with E-state index in [2.05, 4.69) is 0 Å². The first-order chi connectivity index (χ1) is 5.77. The Morgan fingerprint density at radius 1 is 1.58 bits per heavy atom. The Hall–Kier alpha value is -0.870. The molecule has 0 N–H and O–H groups in total. The number of ketones is 1. The zero-order valence-electron chi connectivity index (χ0n) is 6.73. The van der Waals surface area contributed by atoms with E-state index >= 15 is 0 Å². The van der Waals surface area contributed by atoms with Gasteiger partial charge < -0.3 is 14.2 Å². The third kappa shape index (κ3) is 1.23. The molecule has 2 heterocycles. The summed E-state index contributed by atoms with van der Waals surface area (Å²) in [4.78, 5) is 11.2. The predicted octanol–water partition coefficient (Wildman–Crippen LogP) is 0.229. The highest BCUT2D eigenvalue weighted by Gasteiger charge is 2.37. The van der Waals surface area contributed by atoms with Crippen molar-refractivity contribution < 1.29 is 19.0 Å². The van der Waals surface area contributed by atoms with Gasteiger partial charge in [-0.2, -0.15) is 0 Å². The predicted molar refractivity (Wildman–Crippen MR) is 39.3 cm³/mol. The maximum atomic E-state index is 11.2. The molecule has 0 spiro atoms. The molecule has 66 valence electrons. The van der Waals surface area contributed by atoms with Gasteiger partial charge in [0.05, 0.1) is 12.9 Å². The van der Waals surface area contributed by atoms with E-state index in [1.165, 1.54) is 12.3 Å². The van der Waals surface area contributed by atoms with E-state index in [0.29, 0.717) is 6.61 Å².